The van der Waals surface area contributed by atoms with Crippen LogP contribution in [0.15, 0.2) is 18.2 Å². The molecule has 0 aliphatic heterocycles. The molecule has 1 aliphatic rings. The maximum atomic E-state index is 13.3. The molecule has 0 amide bonds. The van der Waals surface area contributed by atoms with E-state index in [-0.39, 0.29) is 10.6 Å². The molecule has 1 aromatic heterocycles. The Morgan fingerprint density at radius 2 is 2.28 bits per heavy atom. The summed E-state index contributed by atoms with van der Waals surface area (Å²) in [6.07, 6.45) is 5.79. The maximum Gasteiger partial charge on any atom is 0.201 e. The van der Waals surface area contributed by atoms with Crippen molar-refractivity contribution < 1.29 is 4.39 Å². The summed E-state index contributed by atoms with van der Waals surface area (Å²) in [4.78, 5) is 4.30. The lowest BCUT2D eigenvalue weighted by Crippen LogP contribution is -2.38. The quantitative estimate of drug-likeness (QED) is 0.927. The fraction of sp³-hybridized carbons (Fsp3) is 0.462. The third kappa shape index (κ3) is 1.77. The Morgan fingerprint density at radius 3 is 2.89 bits per heavy atom. The topological polar surface area (TPSA) is 43.8 Å². The van der Waals surface area contributed by atoms with Crippen LogP contribution >= 0.6 is 11.8 Å². The van der Waals surface area contributed by atoms with Gasteiger partial charge < -0.3 is 10.3 Å². The molecule has 1 heterocycles. The Balaban J connectivity index is 2.05. The van der Waals surface area contributed by atoms with E-state index in [0.717, 1.165) is 17.6 Å². The maximum absolute atomic E-state index is 13.3. The largest absolute Gasteiger partial charge is 0.369 e. The summed E-state index contributed by atoms with van der Waals surface area (Å²) in [6, 6.07) is 4.63. The predicted molar refractivity (Wildman–Crippen MR) is 74.2 cm³/mol. The minimum atomic E-state index is -0.240. The molecule has 0 bridgehead atoms. The van der Waals surface area contributed by atoms with Gasteiger partial charge in [-0.25, -0.2) is 9.37 Å². The molecule has 0 unspecified atom stereocenters. The van der Waals surface area contributed by atoms with Crippen LogP contribution < -0.4 is 5.73 Å². The van der Waals surface area contributed by atoms with Gasteiger partial charge in [-0.2, -0.15) is 11.8 Å². The number of hydrogen-bond donors (Lipinski definition) is 1. The molecule has 0 spiro atoms. The molecule has 3 nitrogen and oxygen atoms in total. The van der Waals surface area contributed by atoms with Crippen molar-refractivity contribution in [3.05, 3.63) is 24.0 Å². The number of nitrogens with two attached hydrogens (primary N) is 1. The average Bonchev–Trinajstić information content (AvgIpc) is 2.60. The molecule has 96 valence electrons. The number of nitrogen functional groups attached to an aromatic ring is 1. The van der Waals surface area contributed by atoms with Gasteiger partial charge in [0.1, 0.15) is 5.82 Å². The summed E-state index contributed by atoms with van der Waals surface area (Å²) in [5, 5.41) is 0. The Kier molecular flexibility index (Phi) is 2.73. The zero-order valence-electron chi connectivity index (χ0n) is 10.3. The second-order valence-corrected chi connectivity index (χ2v) is 6.20. The zero-order valence-corrected chi connectivity index (χ0v) is 11.1. The van der Waals surface area contributed by atoms with Gasteiger partial charge in [0, 0.05) is 11.3 Å². The molecule has 18 heavy (non-hydrogen) atoms. The highest BCUT2D eigenvalue weighted by molar-refractivity contribution is 8.00. The van der Waals surface area contributed by atoms with Crippen LogP contribution in [0.1, 0.15) is 19.3 Å². The number of thioether (sulfide) groups is 1. The number of rotatable bonds is 3. The molecular formula is C13H16FN3S. The Bertz CT molecular complexity index is 584. The Labute approximate surface area is 110 Å². The molecule has 0 atom stereocenters. The molecule has 0 saturated heterocycles. The van der Waals surface area contributed by atoms with Crippen molar-refractivity contribution >= 4 is 28.7 Å². The number of hydrogen-bond acceptors (Lipinski definition) is 3. The standard InChI is InChI=1S/C13H16FN3S/c1-18-13(5-2-6-13)8-17-11-7-9(14)3-4-10(11)16-12(17)15/h3-4,7H,2,5-6,8H2,1H3,(H2,15,16). The van der Waals surface area contributed by atoms with Crippen molar-refractivity contribution in [2.75, 3.05) is 12.0 Å². The Hall–Kier alpha value is -1.23. The summed E-state index contributed by atoms with van der Waals surface area (Å²) >= 11 is 1.88. The van der Waals surface area contributed by atoms with Gasteiger partial charge in [-0.15, -0.1) is 0 Å². The van der Waals surface area contributed by atoms with Crippen LogP contribution in [0.4, 0.5) is 10.3 Å². The van der Waals surface area contributed by atoms with Gasteiger partial charge in [-0.3, -0.25) is 0 Å². The molecule has 2 aromatic rings. The average molecular weight is 265 g/mol. The number of anilines is 1. The number of benzene rings is 1. The number of aromatic nitrogens is 2. The second kappa shape index (κ2) is 4.16. The number of imidazole rings is 1. The monoisotopic (exact) mass is 265 g/mol. The van der Waals surface area contributed by atoms with Crippen LogP contribution in [0.3, 0.4) is 0 Å². The van der Waals surface area contributed by atoms with Gasteiger partial charge in [-0.05, 0) is 37.3 Å². The summed E-state index contributed by atoms with van der Waals surface area (Å²) in [7, 11) is 0. The van der Waals surface area contributed by atoms with Gasteiger partial charge >= 0.3 is 0 Å². The van der Waals surface area contributed by atoms with Crippen molar-refractivity contribution in [2.24, 2.45) is 0 Å². The molecule has 2 N–H and O–H groups in total. The van der Waals surface area contributed by atoms with Crippen molar-refractivity contribution in [3.63, 3.8) is 0 Å². The summed E-state index contributed by atoms with van der Waals surface area (Å²) < 4.78 is 15.6. The summed E-state index contributed by atoms with van der Waals surface area (Å²) in [6.45, 7) is 0.819. The lowest BCUT2D eigenvalue weighted by Gasteiger charge is -2.40. The van der Waals surface area contributed by atoms with Gasteiger partial charge in [0.2, 0.25) is 5.95 Å². The first-order valence-corrected chi connectivity index (χ1v) is 7.32. The molecule has 1 fully saturated rings. The van der Waals surface area contributed by atoms with E-state index in [4.69, 9.17) is 5.73 Å². The fourth-order valence-corrected chi connectivity index (χ4v) is 3.52. The van der Waals surface area contributed by atoms with Gasteiger partial charge in [0.25, 0.3) is 0 Å². The van der Waals surface area contributed by atoms with Gasteiger partial charge in [0.15, 0.2) is 0 Å². The molecule has 1 aliphatic carbocycles. The third-order valence-electron chi connectivity index (χ3n) is 3.88. The lowest BCUT2D eigenvalue weighted by molar-refractivity contribution is 0.326. The lowest BCUT2D eigenvalue weighted by atomic mass is 9.84. The Morgan fingerprint density at radius 1 is 1.50 bits per heavy atom. The smallest absolute Gasteiger partial charge is 0.201 e. The van der Waals surface area contributed by atoms with E-state index in [2.05, 4.69) is 11.2 Å². The zero-order chi connectivity index (χ0) is 12.8. The van der Waals surface area contributed by atoms with Crippen LogP contribution in [0.5, 0.6) is 0 Å². The number of nitrogens with zero attached hydrogens (tertiary/aromatic N) is 2. The number of halogens is 1. The first-order chi connectivity index (χ1) is 8.63. The molecule has 1 saturated carbocycles. The van der Waals surface area contributed by atoms with Gasteiger partial charge in [-0.1, -0.05) is 6.42 Å². The minimum Gasteiger partial charge on any atom is -0.369 e. The van der Waals surface area contributed by atoms with Crippen molar-refractivity contribution in [2.45, 2.75) is 30.6 Å². The van der Waals surface area contributed by atoms with E-state index in [1.807, 2.05) is 16.3 Å². The molecule has 1 aromatic carbocycles. The summed E-state index contributed by atoms with van der Waals surface area (Å²) in [5.74, 6) is 0.242. The normalized spacial score (nSPS) is 17.9. The summed E-state index contributed by atoms with van der Waals surface area (Å²) in [5.41, 5.74) is 7.53. The minimum absolute atomic E-state index is 0.240. The predicted octanol–water partition coefficient (Wildman–Crippen LogP) is 3.04. The van der Waals surface area contributed by atoms with E-state index >= 15 is 0 Å². The highest BCUT2D eigenvalue weighted by atomic mass is 32.2. The van der Waals surface area contributed by atoms with Crippen LogP contribution in [-0.4, -0.2) is 20.6 Å². The first-order valence-electron chi connectivity index (χ1n) is 6.10. The van der Waals surface area contributed by atoms with E-state index in [1.165, 1.54) is 31.4 Å². The van der Waals surface area contributed by atoms with Crippen molar-refractivity contribution in [3.8, 4) is 0 Å². The van der Waals surface area contributed by atoms with E-state index < -0.39 is 0 Å². The number of fused-ring (bicyclic) bond motifs is 1. The van der Waals surface area contributed by atoms with Crippen LogP contribution in [0.25, 0.3) is 11.0 Å². The van der Waals surface area contributed by atoms with E-state index in [1.54, 1.807) is 6.07 Å². The molecule has 5 heteroatoms. The van der Waals surface area contributed by atoms with E-state index in [0.29, 0.717) is 5.95 Å². The van der Waals surface area contributed by atoms with Gasteiger partial charge in [0.05, 0.1) is 11.0 Å². The highest BCUT2D eigenvalue weighted by Gasteiger charge is 2.37. The SMILES string of the molecule is CSC1(Cn2c(N)nc3ccc(F)cc32)CCC1. The fourth-order valence-electron chi connectivity index (χ4n) is 2.57. The molecule has 0 radical (unpaired) electrons. The first kappa shape index (κ1) is 11.8. The van der Waals surface area contributed by atoms with E-state index in [9.17, 15) is 4.39 Å². The molecular weight excluding hydrogens is 249 g/mol. The van der Waals surface area contributed by atoms with Crippen molar-refractivity contribution in [1.82, 2.24) is 9.55 Å². The third-order valence-corrected chi connectivity index (χ3v) is 5.29. The highest BCUT2D eigenvalue weighted by Crippen LogP contribution is 2.44. The van der Waals surface area contributed by atoms with Crippen LogP contribution in [-0.2, 0) is 6.54 Å². The van der Waals surface area contributed by atoms with Crippen LogP contribution in [0.2, 0.25) is 0 Å². The second-order valence-electron chi connectivity index (χ2n) is 4.93. The molecule has 3 rings (SSSR count). The van der Waals surface area contributed by atoms with Crippen molar-refractivity contribution in [1.29, 1.82) is 0 Å². The van der Waals surface area contributed by atoms with Crippen LogP contribution in [0, 0.1) is 5.82 Å².